The third-order valence-corrected chi connectivity index (χ3v) is 6.41. The molecule has 0 heterocycles. The Morgan fingerprint density at radius 3 is 2.42 bits per heavy atom. The minimum Gasteiger partial charge on any atom is -0.306 e. The Morgan fingerprint density at radius 2 is 2.00 bits per heavy atom. The van der Waals surface area contributed by atoms with Crippen molar-refractivity contribution in [3.63, 3.8) is 0 Å². The molecule has 0 saturated heterocycles. The maximum Gasteiger partial charge on any atom is 0.254 e. The molecule has 0 unspecified atom stereocenters. The van der Waals surface area contributed by atoms with Crippen molar-refractivity contribution in [2.75, 3.05) is 7.05 Å². The Hall–Kier alpha value is -0.760. The fraction of sp³-hybridized carbons (Fsp3) is 0.909. The van der Waals surface area contributed by atoms with Crippen LogP contribution in [0.5, 0.6) is 0 Å². The summed E-state index contributed by atoms with van der Waals surface area (Å²) in [4.78, 5) is 12.0. The van der Waals surface area contributed by atoms with Crippen LogP contribution in [0.1, 0.15) is 32.6 Å². The second-order valence-corrected chi connectivity index (χ2v) is 7.83. The molecule has 5 nitrogen and oxygen atoms in total. The maximum atomic E-state index is 12.3. The molecule has 2 rings (SSSR count). The van der Waals surface area contributed by atoms with Gasteiger partial charge in [0, 0.05) is 6.42 Å². The van der Waals surface area contributed by atoms with Crippen molar-refractivity contribution >= 4 is 15.9 Å². The number of alkyl halides is 2. The van der Waals surface area contributed by atoms with Gasteiger partial charge in [0.25, 0.3) is 5.91 Å². The first kappa shape index (κ1) is 14.6. The number of rotatable bonds is 6. The molecule has 110 valence electrons. The van der Waals surface area contributed by atoms with Crippen LogP contribution in [0.2, 0.25) is 0 Å². The van der Waals surface area contributed by atoms with Crippen LogP contribution in [0.3, 0.4) is 0 Å². The monoisotopic (exact) mass is 296 g/mol. The molecule has 8 heteroatoms. The summed E-state index contributed by atoms with van der Waals surface area (Å²) < 4.78 is 49.7. The third-order valence-electron chi connectivity index (χ3n) is 4.25. The van der Waals surface area contributed by atoms with E-state index in [2.05, 4.69) is 5.32 Å². The zero-order valence-corrected chi connectivity index (χ0v) is 11.7. The van der Waals surface area contributed by atoms with E-state index in [0.29, 0.717) is 12.8 Å². The second-order valence-electron chi connectivity index (χ2n) is 5.63. The van der Waals surface area contributed by atoms with Crippen LogP contribution in [0.15, 0.2) is 0 Å². The summed E-state index contributed by atoms with van der Waals surface area (Å²) in [5, 5.41) is 2.69. The molecule has 19 heavy (non-hydrogen) atoms. The Morgan fingerprint density at radius 1 is 1.42 bits per heavy atom. The van der Waals surface area contributed by atoms with Crippen molar-refractivity contribution in [2.24, 2.45) is 5.92 Å². The van der Waals surface area contributed by atoms with E-state index in [4.69, 9.17) is 0 Å². The first-order valence-electron chi connectivity index (χ1n) is 6.21. The number of hydrogen-bond donors (Lipinski definition) is 2. The molecule has 0 aromatic heterocycles. The van der Waals surface area contributed by atoms with Gasteiger partial charge in [-0.3, -0.25) is 9.52 Å². The highest BCUT2D eigenvalue weighted by atomic mass is 32.2. The van der Waals surface area contributed by atoms with Gasteiger partial charge >= 0.3 is 0 Å². The number of carbonyl (C=O) groups excluding carboxylic acids is 1. The minimum absolute atomic E-state index is 0.242. The van der Waals surface area contributed by atoms with E-state index in [1.165, 1.54) is 7.05 Å². The standard InChI is InChI=1S/C11H18F2N2O3S/c1-10(3-4-10)19(17,18)15-9(16)11(14-2)6-7(11)5-8(12)13/h7-8,14H,3-6H2,1-2H3,(H,15,16)/t7-,11-/m1/s1. The van der Waals surface area contributed by atoms with Gasteiger partial charge in [0.05, 0.1) is 4.75 Å². The summed E-state index contributed by atoms with van der Waals surface area (Å²) in [6.07, 6.45) is -1.62. The van der Waals surface area contributed by atoms with E-state index in [9.17, 15) is 22.0 Å². The average Bonchev–Trinajstić information content (AvgIpc) is 3.15. The molecule has 2 saturated carbocycles. The van der Waals surface area contributed by atoms with E-state index in [1.807, 2.05) is 4.72 Å². The average molecular weight is 296 g/mol. The highest BCUT2D eigenvalue weighted by Crippen LogP contribution is 2.48. The Kier molecular flexibility index (Phi) is 3.37. The molecule has 2 N–H and O–H groups in total. The van der Waals surface area contributed by atoms with Crippen LogP contribution >= 0.6 is 0 Å². The van der Waals surface area contributed by atoms with Gasteiger partial charge in [-0.15, -0.1) is 0 Å². The molecular formula is C11H18F2N2O3S. The lowest BCUT2D eigenvalue weighted by Crippen LogP contribution is -2.50. The number of hydrogen-bond acceptors (Lipinski definition) is 4. The molecule has 0 aromatic rings. The Bertz CT molecular complexity index is 490. The topological polar surface area (TPSA) is 75.3 Å². The van der Waals surface area contributed by atoms with Crippen LogP contribution in [-0.2, 0) is 14.8 Å². The normalized spacial score (nSPS) is 32.2. The van der Waals surface area contributed by atoms with Gasteiger partial charge in [0.2, 0.25) is 16.4 Å². The van der Waals surface area contributed by atoms with Crippen molar-refractivity contribution in [2.45, 2.75) is 49.3 Å². The van der Waals surface area contributed by atoms with E-state index >= 15 is 0 Å². The zero-order valence-electron chi connectivity index (χ0n) is 10.9. The molecule has 0 aromatic carbocycles. The summed E-state index contributed by atoms with van der Waals surface area (Å²) in [5.74, 6) is -1.23. The fourth-order valence-electron chi connectivity index (χ4n) is 2.31. The minimum atomic E-state index is -3.72. The second kappa shape index (κ2) is 4.37. The number of carbonyl (C=O) groups is 1. The molecule has 0 spiro atoms. The lowest BCUT2D eigenvalue weighted by Gasteiger charge is -2.19. The third kappa shape index (κ3) is 2.47. The molecule has 0 radical (unpaired) electrons. The Labute approximate surface area is 111 Å². The summed E-state index contributed by atoms with van der Waals surface area (Å²) in [5.41, 5.74) is -1.16. The van der Waals surface area contributed by atoms with Gasteiger partial charge in [-0.05, 0) is 39.2 Å². The first-order valence-corrected chi connectivity index (χ1v) is 7.69. The van der Waals surface area contributed by atoms with Crippen molar-refractivity contribution in [3.05, 3.63) is 0 Å². The van der Waals surface area contributed by atoms with E-state index < -0.39 is 45.0 Å². The molecule has 0 aliphatic heterocycles. The van der Waals surface area contributed by atoms with E-state index in [1.54, 1.807) is 6.92 Å². The predicted octanol–water partition coefficient (Wildman–Crippen LogP) is 0.618. The van der Waals surface area contributed by atoms with Gasteiger partial charge < -0.3 is 5.32 Å². The fourth-order valence-corrected chi connectivity index (χ4v) is 3.62. The number of amides is 1. The van der Waals surface area contributed by atoms with Crippen molar-refractivity contribution in [3.8, 4) is 0 Å². The quantitative estimate of drug-likeness (QED) is 0.753. The van der Waals surface area contributed by atoms with Gasteiger partial charge in [0.1, 0.15) is 5.54 Å². The molecular weight excluding hydrogens is 278 g/mol. The number of nitrogens with one attached hydrogen (secondary N) is 2. The van der Waals surface area contributed by atoms with Crippen LogP contribution in [0, 0.1) is 5.92 Å². The first-order chi connectivity index (χ1) is 8.67. The van der Waals surface area contributed by atoms with E-state index in [0.717, 1.165) is 0 Å². The smallest absolute Gasteiger partial charge is 0.254 e. The predicted molar refractivity (Wildman–Crippen MR) is 65.2 cm³/mol. The lowest BCUT2D eigenvalue weighted by atomic mass is 10.1. The summed E-state index contributed by atoms with van der Waals surface area (Å²) >= 11 is 0. The van der Waals surface area contributed by atoms with Crippen LogP contribution in [0.25, 0.3) is 0 Å². The molecule has 2 aliphatic carbocycles. The van der Waals surface area contributed by atoms with Gasteiger partial charge in [-0.1, -0.05) is 0 Å². The summed E-state index contributed by atoms with van der Waals surface area (Å²) in [6.45, 7) is 1.57. The van der Waals surface area contributed by atoms with Crippen molar-refractivity contribution in [1.82, 2.24) is 10.0 Å². The van der Waals surface area contributed by atoms with Crippen LogP contribution in [0.4, 0.5) is 8.78 Å². The number of halogens is 2. The highest BCUT2D eigenvalue weighted by molar-refractivity contribution is 7.91. The molecule has 0 bridgehead atoms. The van der Waals surface area contributed by atoms with Crippen molar-refractivity contribution in [1.29, 1.82) is 0 Å². The highest BCUT2D eigenvalue weighted by Gasteiger charge is 2.61. The van der Waals surface area contributed by atoms with Crippen molar-refractivity contribution < 1.29 is 22.0 Å². The van der Waals surface area contributed by atoms with E-state index in [-0.39, 0.29) is 6.42 Å². The Balaban J connectivity index is 2.04. The molecule has 1 amide bonds. The van der Waals surface area contributed by atoms with Gasteiger partial charge in [0.15, 0.2) is 0 Å². The van der Waals surface area contributed by atoms with Crippen LogP contribution in [-0.4, -0.2) is 38.1 Å². The number of likely N-dealkylation sites (N-methyl/N-ethyl adjacent to an activating group) is 1. The molecule has 2 aliphatic rings. The van der Waals surface area contributed by atoms with Gasteiger partial charge in [-0.2, -0.15) is 0 Å². The number of sulfonamides is 1. The maximum absolute atomic E-state index is 12.3. The summed E-state index contributed by atoms with van der Waals surface area (Å²) in [7, 11) is -2.24. The van der Waals surface area contributed by atoms with Crippen LogP contribution < -0.4 is 10.0 Å². The lowest BCUT2D eigenvalue weighted by molar-refractivity contribution is -0.122. The SMILES string of the molecule is CN[C@]1(C(=O)NS(=O)(=O)C2(C)CC2)C[C@H]1CC(F)F. The largest absolute Gasteiger partial charge is 0.306 e. The molecule has 2 atom stereocenters. The zero-order chi connectivity index (χ0) is 14.5. The van der Waals surface area contributed by atoms with Gasteiger partial charge in [-0.25, -0.2) is 17.2 Å². The molecule has 2 fully saturated rings. The summed E-state index contributed by atoms with van der Waals surface area (Å²) in [6, 6.07) is 0.